The van der Waals surface area contributed by atoms with Crippen LogP contribution in [0.1, 0.15) is 12.5 Å². The highest BCUT2D eigenvalue weighted by Crippen LogP contribution is 2.21. The van der Waals surface area contributed by atoms with E-state index < -0.39 is 17.5 Å². The van der Waals surface area contributed by atoms with E-state index in [0.717, 1.165) is 15.9 Å². The zero-order chi connectivity index (χ0) is 19.3. The van der Waals surface area contributed by atoms with Crippen molar-refractivity contribution < 1.29 is 19.1 Å². The van der Waals surface area contributed by atoms with Crippen molar-refractivity contribution in [2.75, 3.05) is 13.7 Å². The molecule has 0 radical (unpaired) electrons. The predicted molar refractivity (Wildman–Crippen MR) is 101 cm³/mol. The molecule has 0 saturated heterocycles. The van der Waals surface area contributed by atoms with Gasteiger partial charge in [0.05, 0.1) is 24.3 Å². The topological polar surface area (TPSA) is 74.6 Å². The number of ether oxygens (including phenoxy) is 2. The standard InChI is InChI=1S/C17H15Cl2NO5S/c1-3-25-15(21)8-14-20(9-16(22)24-2)17(23)13(26-14)6-10-4-5-11(18)7-12(10)19/h4-8H,3,9H2,1-2H3. The molecule has 1 aromatic carbocycles. The van der Waals surface area contributed by atoms with Crippen molar-refractivity contribution >= 4 is 58.6 Å². The van der Waals surface area contributed by atoms with E-state index in [1.165, 1.54) is 13.2 Å². The minimum absolute atomic E-state index is 0.196. The minimum atomic E-state index is -0.612. The summed E-state index contributed by atoms with van der Waals surface area (Å²) in [5.41, 5.74) is 0.143. The van der Waals surface area contributed by atoms with Crippen LogP contribution in [0.4, 0.5) is 0 Å². The number of halogens is 2. The van der Waals surface area contributed by atoms with E-state index in [1.807, 2.05) is 0 Å². The van der Waals surface area contributed by atoms with Crippen LogP contribution in [0.2, 0.25) is 10.0 Å². The first kappa shape index (κ1) is 20.2. The number of rotatable bonds is 5. The molecule has 2 aromatic rings. The molecule has 138 valence electrons. The largest absolute Gasteiger partial charge is 0.468 e. The van der Waals surface area contributed by atoms with Gasteiger partial charge in [0.25, 0.3) is 5.56 Å². The third kappa shape index (κ3) is 4.97. The molecule has 6 nitrogen and oxygen atoms in total. The smallest absolute Gasteiger partial charge is 0.333 e. The van der Waals surface area contributed by atoms with Gasteiger partial charge in [0, 0.05) is 10.0 Å². The molecule has 0 atom stereocenters. The molecule has 0 bridgehead atoms. The highest BCUT2D eigenvalue weighted by atomic mass is 35.5. The molecule has 0 amide bonds. The van der Waals surface area contributed by atoms with Crippen LogP contribution in [0.25, 0.3) is 12.2 Å². The van der Waals surface area contributed by atoms with Gasteiger partial charge in [0.15, 0.2) is 0 Å². The molecule has 0 unspecified atom stereocenters. The Hall–Kier alpha value is -2.09. The van der Waals surface area contributed by atoms with Crippen molar-refractivity contribution in [2.24, 2.45) is 0 Å². The average molecular weight is 416 g/mol. The predicted octanol–water partition coefficient (Wildman–Crippen LogP) is 1.56. The van der Waals surface area contributed by atoms with E-state index in [1.54, 1.807) is 31.2 Å². The van der Waals surface area contributed by atoms with E-state index in [9.17, 15) is 14.4 Å². The Labute approximate surface area is 162 Å². The first-order valence-electron chi connectivity index (χ1n) is 7.47. The van der Waals surface area contributed by atoms with Crippen molar-refractivity contribution in [3.8, 4) is 0 Å². The maximum absolute atomic E-state index is 12.7. The van der Waals surface area contributed by atoms with Crippen molar-refractivity contribution in [2.45, 2.75) is 13.5 Å². The molecule has 2 rings (SSSR count). The number of methoxy groups -OCH3 is 1. The van der Waals surface area contributed by atoms with Crippen molar-refractivity contribution in [3.05, 3.63) is 53.4 Å². The molecule has 0 aliphatic heterocycles. The highest BCUT2D eigenvalue weighted by molar-refractivity contribution is 7.07. The minimum Gasteiger partial charge on any atom is -0.468 e. The SMILES string of the molecule is CCOC(=O)C=c1sc(=Cc2ccc(Cl)cc2Cl)c(=O)n1CC(=O)OC. The lowest BCUT2D eigenvalue weighted by molar-refractivity contribution is -0.141. The second-order valence-electron chi connectivity index (χ2n) is 4.98. The lowest BCUT2D eigenvalue weighted by Crippen LogP contribution is -2.34. The lowest BCUT2D eigenvalue weighted by Gasteiger charge is -2.00. The first-order valence-corrected chi connectivity index (χ1v) is 9.04. The number of hydrogen-bond donors (Lipinski definition) is 0. The number of nitrogens with zero attached hydrogens (tertiary/aromatic N) is 1. The lowest BCUT2D eigenvalue weighted by atomic mass is 10.2. The fraction of sp³-hybridized carbons (Fsp3) is 0.235. The summed E-state index contributed by atoms with van der Waals surface area (Å²) in [6.07, 6.45) is 2.74. The zero-order valence-corrected chi connectivity index (χ0v) is 16.3. The summed E-state index contributed by atoms with van der Waals surface area (Å²) in [6.45, 7) is 1.55. The van der Waals surface area contributed by atoms with Gasteiger partial charge < -0.3 is 9.47 Å². The molecule has 1 heterocycles. The van der Waals surface area contributed by atoms with Crippen LogP contribution in [0.5, 0.6) is 0 Å². The second-order valence-corrected chi connectivity index (χ2v) is 6.88. The van der Waals surface area contributed by atoms with Gasteiger partial charge in [-0.15, -0.1) is 11.3 Å². The Morgan fingerprint density at radius 2 is 2.04 bits per heavy atom. The summed E-state index contributed by atoms with van der Waals surface area (Å²) in [5, 5.41) is 0.846. The molecular formula is C17H15Cl2NO5S. The third-order valence-corrected chi connectivity index (χ3v) is 4.85. The summed E-state index contributed by atoms with van der Waals surface area (Å²) < 4.78 is 11.2. The van der Waals surface area contributed by atoms with Gasteiger partial charge in [-0.2, -0.15) is 0 Å². The Morgan fingerprint density at radius 3 is 2.65 bits per heavy atom. The van der Waals surface area contributed by atoms with Crippen LogP contribution >= 0.6 is 34.5 Å². The Morgan fingerprint density at radius 1 is 1.31 bits per heavy atom. The molecule has 1 aromatic heterocycles. The van der Waals surface area contributed by atoms with Crippen molar-refractivity contribution in [1.29, 1.82) is 0 Å². The number of esters is 2. The van der Waals surface area contributed by atoms with Crippen LogP contribution in [-0.4, -0.2) is 30.2 Å². The van der Waals surface area contributed by atoms with Gasteiger partial charge >= 0.3 is 11.9 Å². The maximum Gasteiger partial charge on any atom is 0.333 e. The summed E-state index contributed by atoms with van der Waals surface area (Å²) in [7, 11) is 1.22. The van der Waals surface area contributed by atoms with E-state index in [4.69, 9.17) is 27.9 Å². The quantitative estimate of drug-likeness (QED) is 0.692. The number of aromatic nitrogens is 1. The van der Waals surface area contributed by atoms with Crippen LogP contribution in [-0.2, 0) is 25.6 Å². The van der Waals surface area contributed by atoms with Gasteiger partial charge in [-0.1, -0.05) is 29.3 Å². The molecular weight excluding hydrogens is 401 g/mol. The van der Waals surface area contributed by atoms with E-state index in [-0.39, 0.29) is 17.8 Å². The van der Waals surface area contributed by atoms with Crippen LogP contribution in [0.3, 0.4) is 0 Å². The Bertz CT molecular complexity index is 1010. The molecule has 0 aliphatic rings. The van der Waals surface area contributed by atoms with Crippen molar-refractivity contribution in [1.82, 2.24) is 4.57 Å². The Kier molecular flexibility index (Phi) is 7.02. The second kappa shape index (κ2) is 9.02. The van der Waals surface area contributed by atoms with Crippen molar-refractivity contribution in [3.63, 3.8) is 0 Å². The zero-order valence-electron chi connectivity index (χ0n) is 14.0. The maximum atomic E-state index is 12.7. The molecule has 0 fully saturated rings. The Balaban J connectivity index is 2.64. The van der Waals surface area contributed by atoms with E-state index in [2.05, 4.69) is 4.74 Å². The van der Waals surface area contributed by atoms with E-state index in [0.29, 0.717) is 20.1 Å². The highest BCUT2D eigenvalue weighted by Gasteiger charge is 2.11. The van der Waals surface area contributed by atoms with Gasteiger partial charge in [0.1, 0.15) is 11.2 Å². The average Bonchev–Trinajstić information content (AvgIpc) is 2.86. The number of benzene rings is 1. The molecule has 0 spiro atoms. The number of thiazole rings is 1. The molecule has 0 saturated carbocycles. The first-order chi connectivity index (χ1) is 12.3. The molecule has 9 heteroatoms. The molecule has 0 N–H and O–H groups in total. The van der Waals surface area contributed by atoms with Gasteiger partial charge in [0.2, 0.25) is 0 Å². The summed E-state index contributed by atoms with van der Waals surface area (Å²) in [6, 6.07) is 4.87. The normalized spacial score (nSPS) is 12.3. The number of hydrogen-bond acceptors (Lipinski definition) is 6. The fourth-order valence-corrected chi connectivity index (χ4v) is 3.52. The molecule has 26 heavy (non-hydrogen) atoms. The summed E-state index contributed by atoms with van der Waals surface area (Å²) in [5.74, 6) is -1.22. The number of carbonyl (C=O) groups excluding carboxylic acids is 2. The van der Waals surface area contributed by atoms with Crippen LogP contribution in [0, 0.1) is 0 Å². The van der Waals surface area contributed by atoms with Gasteiger partial charge in [-0.05, 0) is 30.7 Å². The molecule has 0 aliphatic carbocycles. The summed E-state index contributed by atoms with van der Waals surface area (Å²) >= 11 is 13.0. The monoisotopic (exact) mass is 415 g/mol. The van der Waals surface area contributed by atoms with E-state index >= 15 is 0 Å². The third-order valence-electron chi connectivity index (χ3n) is 3.23. The van der Waals surface area contributed by atoms with Gasteiger partial charge in [-0.3, -0.25) is 14.2 Å². The van der Waals surface area contributed by atoms with Gasteiger partial charge in [-0.25, -0.2) is 4.79 Å². The number of carbonyl (C=O) groups is 2. The summed E-state index contributed by atoms with van der Waals surface area (Å²) in [4.78, 5) is 36.0. The fourth-order valence-electron chi connectivity index (χ4n) is 2.03. The van der Waals surface area contributed by atoms with Crippen LogP contribution in [0.15, 0.2) is 23.0 Å². The van der Waals surface area contributed by atoms with Crippen LogP contribution < -0.4 is 14.8 Å².